The molecule has 0 saturated heterocycles. The third-order valence-electron chi connectivity index (χ3n) is 4.57. The van der Waals surface area contributed by atoms with E-state index in [-0.39, 0.29) is 24.3 Å². The molecule has 2 aromatic rings. The van der Waals surface area contributed by atoms with Crippen molar-refractivity contribution in [3.05, 3.63) is 42.5 Å². The molecule has 2 heterocycles. The number of ether oxygens (including phenoxy) is 2. The zero-order chi connectivity index (χ0) is 19.8. The average Bonchev–Trinajstić information content (AvgIpc) is 2.66. The number of carbonyl (C=O) groups excluding carboxylic acids is 3. The number of amides is 3. The summed E-state index contributed by atoms with van der Waals surface area (Å²) < 4.78 is 11.1. The smallest absolute Gasteiger partial charge is 0.268 e. The number of fused-ring (bicyclic) bond motifs is 2. The van der Waals surface area contributed by atoms with Crippen molar-refractivity contribution in [1.82, 2.24) is 0 Å². The fourth-order valence-corrected chi connectivity index (χ4v) is 3.15. The van der Waals surface area contributed by atoms with Gasteiger partial charge in [-0.2, -0.15) is 0 Å². The third kappa shape index (κ3) is 3.24. The Labute approximate surface area is 161 Å². The maximum Gasteiger partial charge on any atom is 0.268 e. The summed E-state index contributed by atoms with van der Waals surface area (Å²) in [6.45, 7) is 3.16. The molecular weight excluding hydrogens is 362 g/mol. The monoisotopic (exact) mass is 381 g/mol. The molecule has 2 atom stereocenters. The van der Waals surface area contributed by atoms with Gasteiger partial charge in [-0.15, -0.1) is 0 Å². The molecule has 0 saturated carbocycles. The molecule has 0 bridgehead atoms. The predicted molar refractivity (Wildman–Crippen MR) is 103 cm³/mol. The van der Waals surface area contributed by atoms with Crippen LogP contribution in [0, 0.1) is 0 Å². The van der Waals surface area contributed by atoms with Gasteiger partial charge in [-0.3, -0.25) is 19.3 Å². The second-order valence-electron chi connectivity index (χ2n) is 6.66. The van der Waals surface area contributed by atoms with E-state index >= 15 is 0 Å². The van der Waals surface area contributed by atoms with E-state index in [1.165, 1.54) is 4.90 Å². The predicted octanol–water partition coefficient (Wildman–Crippen LogP) is 2.16. The van der Waals surface area contributed by atoms with Gasteiger partial charge < -0.3 is 20.1 Å². The van der Waals surface area contributed by atoms with Crippen LogP contribution in [0.2, 0.25) is 0 Å². The number of carbonyl (C=O) groups is 3. The second kappa shape index (κ2) is 6.88. The lowest BCUT2D eigenvalue weighted by atomic mass is 10.2. The topological polar surface area (TPSA) is 97.0 Å². The van der Waals surface area contributed by atoms with Gasteiger partial charge in [0.05, 0.1) is 11.4 Å². The van der Waals surface area contributed by atoms with Crippen LogP contribution in [0.3, 0.4) is 0 Å². The summed E-state index contributed by atoms with van der Waals surface area (Å²) in [6, 6.07) is 12.1. The zero-order valence-corrected chi connectivity index (χ0v) is 15.4. The van der Waals surface area contributed by atoms with Crippen LogP contribution < -0.4 is 25.0 Å². The summed E-state index contributed by atoms with van der Waals surface area (Å²) in [5, 5.41) is 5.49. The molecule has 0 aliphatic carbocycles. The first-order chi connectivity index (χ1) is 13.4. The quantitative estimate of drug-likeness (QED) is 0.849. The van der Waals surface area contributed by atoms with E-state index in [0.717, 1.165) is 0 Å². The van der Waals surface area contributed by atoms with E-state index in [4.69, 9.17) is 9.47 Å². The Morgan fingerprint density at radius 3 is 2.64 bits per heavy atom. The molecule has 0 spiro atoms. The SMILES string of the molecule is CC1Oc2ccc(NC(=O)CN3C(=O)C(C)Oc4ccccc43)cc2NC1=O. The number of para-hydroxylation sites is 2. The lowest BCUT2D eigenvalue weighted by molar-refractivity contribution is -0.127. The van der Waals surface area contributed by atoms with Gasteiger partial charge in [0.1, 0.15) is 18.0 Å². The van der Waals surface area contributed by atoms with Crippen LogP contribution in [0.5, 0.6) is 11.5 Å². The molecule has 0 aromatic heterocycles. The van der Waals surface area contributed by atoms with Crippen LogP contribution in [0.25, 0.3) is 0 Å². The summed E-state index contributed by atoms with van der Waals surface area (Å²) in [5.41, 5.74) is 1.53. The maximum atomic E-state index is 12.6. The molecule has 8 heteroatoms. The van der Waals surface area contributed by atoms with Crippen molar-refractivity contribution in [3.8, 4) is 11.5 Å². The Bertz CT molecular complexity index is 974. The first-order valence-corrected chi connectivity index (χ1v) is 8.91. The van der Waals surface area contributed by atoms with Gasteiger partial charge in [-0.1, -0.05) is 12.1 Å². The van der Waals surface area contributed by atoms with Crippen molar-refractivity contribution >= 4 is 34.8 Å². The minimum Gasteiger partial charge on any atom is -0.479 e. The van der Waals surface area contributed by atoms with Gasteiger partial charge in [0.2, 0.25) is 5.91 Å². The zero-order valence-electron chi connectivity index (χ0n) is 15.4. The van der Waals surface area contributed by atoms with Crippen molar-refractivity contribution in [2.24, 2.45) is 0 Å². The summed E-state index contributed by atoms with van der Waals surface area (Å²) >= 11 is 0. The van der Waals surface area contributed by atoms with E-state index in [2.05, 4.69) is 10.6 Å². The molecule has 28 heavy (non-hydrogen) atoms. The highest BCUT2D eigenvalue weighted by Gasteiger charge is 2.32. The fourth-order valence-electron chi connectivity index (χ4n) is 3.15. The lowest BCUT2D eigenvalue weighted by Gasteiger charge is -2.32. The van der Waals surface area contributed by atoms with Crippen LogP contribution in [0.15, 0.2) is 42.5 Å². The van der Waals surface area contributed by atoms with Gasteiger partial charge in [-0.05, 0) is 44.2 Å². The molecule has 144 valence electrons. The Kier molecular flexibility index (Phi) is 4.38. The summed E-state index contributed by atoms with van der Waals surface area (Å²) in [6.07, 6.45) is -1.23. The van der Waals surface area contributed by atoms with Crippen molar-refractivity contribution < 1.29 is 23.9 Å². The second-order valence-corrected chi connectivity index (χ2v) is 6.66. The number of nitrogens with one attached hydrogen (secondary N) is 2. The van der Waals surface area contributed by atoms with Crippen LogP contribution in [-0.4, -0.2) is 36.5 Å². The van der Waals surface area contributed by atoms with Gasteiger partial charge >= 0.3 is 0 Å². The minimum absolute atomic E-state index is 0.152. The van der Waals surface area contributed by atoms with Crippen molar-refractivity contribution in [1.29, 1.82) is 0 Å². The third-order valence-corrected chi connectivity index (χ3v) is 4.57. The van der Waals surface area contributed by atoms with Crippen molar-refractivity contribution in [2.45, 2.75) is 26.1 Å². The van der Waals surface area contributed by atoms with Gasteiger partial charge in [0.25, 0.3) is 11.8 Å². The van der Waals surface area contributed by atoms with E-state index in [0.29, 0.717) is 28.6 Å². The fraction of sp³-hybridized carbons (Fsp3) is 0.250. The lowest BCUT2D eigenvalue weighted by Crippen LogP contribution is -2.47. The van der Waals surface area contributed by atoms with E-state index in [1.807, 2.05) is 6.07 Å². The highest BCUT2D eigenvalue weighted by atomic mass is 16.5. The summed E-state index contributed by atoms with van der Waals surface area (Å²) in [5.74, 6) is 0.199. The minimum atomic E-state index is -0.666. The molecule has 0 fully saturated rings. The normalized spacial score (nSPS) is 20.3. The molecule has 2 aromatic carbocycles. The van der Waals surface area contributed by atoms with Crippen LogP contribution in [0.4, 0.5) is 17.1 Å². The first-order valence-electron chi connectivity index (χ1n) is 8.91. The maximum absolute atomic E-state index is 12.6. The van der Waals surface area contributed by atoms with Crippen molar-refractivity contribution in [2.75, 3.05) is 22.1 Å². The molecule has 2 unspecified atom stereocenters. The molecule has 2 N–H and O–H groups in total. The van der Waals surface area contributed by atoms with Crippen LogP contribution in [0.1, 0.15) is 13.8 Å². The first kappa shape index (κ1) is 17.8. The Hall–Kier alpha value is -3.55. The number of hydrogen-bond acceptors (Lipinski definition) is 5. The molecule has 0 radical (unpaired) electrons. The number of hydrogen-bond donors (Lipinski definition) is 2. The van der Waals surface area contributed by atoms with Crippen LogP contribution >= 0.6 is 0 Å². The Morgan fingerprint density at radius 1 is 1.07 bits per heavy atom. The largest absolute Gasteiger partial charge is 0.479 e. The van der Waals surface area contributed by atoms with E-state index in [9.17, 15) is 14.4 Å². The Balaban J connectivity index is 1.50. The van der Waals surface area contributed by atoms with Crippen LogP contribution in [-0.2, 0) is 14.4 Å². The molecular formula is C20H19N3O5. The van der Waals surface area contributed by atoms with Gasteiger partial charge in [0.15, 0.2) is 12.2 Å². The Morgan fingerprint density at radius 2 is 1.82 bits per heavy atom. The van der Waals surface area contributed by atoms with E-state index < -0.39 is 12.2 Å². The summed E-state index contributed by atoms with van der Waals surface area (Å²) in [7, 11) is 0. The molecule has 3 amide bonds. The molecule has 4 rings (SSSR count). The van der Waals surface area contributed by atoms with Gasteiger partial charge in [-0.25, -0.2) is 0 Å². The summed E-state index contributed by atoms with van der Waals surface area (Å²) in [4.78, 5) is 38.2. The van der Waals surface area contributed by atoms with Gasteiger partial charge in [0, 0.05) is 5.69 Å². The highest BCUT2D eigenvalue weighted by molar-refractivity contribution is 6.06. The highest BCUT2D eigenvalue weighted by Crippen LogP contribution is 2.34. The molecule has 2 aliphatic heterocycles. The van der Waals surface area contributed by atoms with Crippen molar-refractivity contribution in [3.63, 3.8) is 0 Å². The molecule has 8 nitrogen and oxygen atoms in total. The molecule has 2 aliphatic rings. The van der Waals surface area contributed by atoms with E-state index in [1.54, 1.807) is 50.2 Å². The standard InChI is InChI=1S/C20H19N3O5/c1-11-19(25)22-14-9-13(7-8-16(14)27-11)21-18(24)10-23-15-5-3-4-6-17(15)28-12(2)20(23)26/h3-9,11-12H,10H2,1-2H3,(H,21,24)(H,22,25). The number of rotatable bonds is 3. The number of nitrogens with zero attached hydrogens (tertiary/aromatic N) is 1. The average molecular weight is 381 g/mol. The number of anilines is 3. The number of benzene rings is 2.